The fourth-order valence-electron chi connectivity index (χ4n) is 14.7. The molecule has 0 aromatic heterocycles. The number of benzene rings is 12. The van der Waals surface area contributed by atoms with Crippen LogP contribution in [0.25, 0.3) is 33.4 Å². The van der Waals surface area contributed by atoms with E-state index in [2.05, 4.69) is 50.4 Å². The molecule has 0 saturated carbocycles. The summed E-state index contributed by atoms with van der Waals surface area (Å²) in [6.45, 7) is 14.1. The number of carbonyl (C=O) groups is 6. The normalized spacial score (nSPS) is 11.3. The number of nitrogens with one attached hydrogen (secondary N) is 1. The van der Waals surface area contributed by atoms with E-state index in [1.165, 1.54) is 57.7 Å². The summed E-state index contributed by atoms with van der Waals surface area (Å²) < 4.78 is 57.9. The zero-order valence-corrected chi connectivity index (χ0v) is 78.5. The smallest absolute Gasteiger partial charge is 0.306 e. The summed E-state index contributed by atoms with van der Waals surface area (Å²) in [5.41, 5.74) is 20.7. The van der Waals surface area contributed by atoms with Crippen LogP contribution in [-0.2, 0) is 62.2 Å². The highest BCUT2D eigenvalue weighted by Crippen LogP contribution is 2.43. The number of hydrogen-bond acceptors (Lipinski definition) is 21. The number of phenols is 2. The number of carboxylic acid groups (broad SMARTS) is 2. The summed E-state index contributed by atoms with van der Waals surface area (Å²) in [6, 6.07) is 54.7. The van der Waals surface area contributed by atoms with Gasteiger partial charge in [-0.15, -0.1) is 0 Å². The number of rotatable bonds is 41. The van der Waals surface area contributed by atoms with Crippen LogP contribution in [0.3, 0.4) is 0 Å². The minimum absolute atomic E-state index is 0.0944. The van der Waals surface area contributed by atoms with Crippen LogP contribution in [0.4, 0.5) is 0 Å². The minimum Gasteiger partial charge on any atom is -0.507 e. The highest BCUT2D eigenvalue weighted by molar-refractivity contribution is 6.34. The van der Waals surface area contributed by atoms with E-state index in [-0.39, 0.29) is 103 Å². The average molecular weight is 1920 g/mol. The summed E-state index contributed by atoms with van der Waals surface area (Å²) in [5, 5.41) is 62.4. The number of aryl methyl sites for hydroxylation is 1. The first-order chi connectivity index (χ1) is 63.3. The Morgan fingerprint density at radius 3 is 0.856 bits per heavy atom. The van der Waals surface area contributed by atoms with Crippen LogP contribution < -0.4 is 52.7 Å². The molecule has 12 aromatic carbocycles. The van der Waals surface area contributed by atoms with Crippen molar-refractivity contribution in [2.75, 3.05) is 35.0 Å². The van der Waals surface area contributed by atoms with E-state index >= 15 is 0 Å². The summed E-state index contributed by atoms with van der Waals surface area (Å²) >= 11 is 38.3. The van der Waals surface area contributed by atoms with E-state index in [0.717, 1.165) is 111 Å². The fraction of sp³-hybridized carbons (Fsp3) is 0.243. The molecule has 690 valence electrons. The zero-order valence-electron chi connectivity index (χ0n) is 74.0. The lowest BCUT2D eigenvalue weighted by molar-refractivity contribution is -0.140. The molecule has 0 aliphatic heterocycles. The molecular formula is C103H99Cl6NO22. The van der Waals surface area contributed by atoms with Gasteiger partial charge in [-0.2, -0.15) is 0 Å². The first-order valence-corrected chi connectivity index (χ1v) is 43.7. The number of halogens is 6. The number of carbonyl (C=O) groups excluding carboxylic acids is 4. The molecule has 29 heteroatoms. The first-order valence-electron chi connectivity index (χ1n) is 41.5. The summed E-state index contributed by atoms with van der Waals surface area (Å²) in [5.74, 6) is 1.76. The highest BCUT2D eigenvalue weighted by atomic mass is 35.5. The SMILES string of the molecule is COc1cc(OCc2cccc(-c3cccc(COc4cc(OC)c(C=O)cc4Cl)c3C)c2C)c(Cl)cc1C=O.COc1cc(OCc2cccc(-c3cccc(COc4cc(OC)c(CNC[C@@H](O)CC(=O)O)cc4Cl)c3C)c2C)c(Cl)cc1CCC[C@@H](O)CC(=O)O.Cc1c(COc2cc(O)c(C=O)cc2Cl)cccc1-c1cccc(COc2cc(O)c(C=O)cc2Cl)c1C. The van der Waals surface area contributed by atoms with Crippen molar-refractivity contribution < 1.29 is 107 Å². The number of ether oxygens (including phenoxy) is 10. The summed E-state index contributed by atoms with van der Waals surface area (Å²) in [7, 11) is 6.08. The van der Waals surface area contributed by atoms with E-state index in [0.29, 0.717) is 128 Å². The molecule has 0 heterocycles. The molecule has 12 rings (SSSR count). The molecule has 0 fully saturated rings. The number of aliphatic hydroxyl groups is 2. The third-order valence-electron chi connectivity index (χ3n) is 22.3. The van der Waals surface area contributed by atoms with Crippen molar-refractivity contribution in [2.45, 2.75) is 132 Å². The van der Waals surface area contributed by atoms with Crippen LogP contribution >= 0.6 is 69.6 Å². The Kier molecular flexibility index (Phi) is 37.4. The van der Waals surface area contributed by atoms with Gasteiger partial charge in [-0.3, -0.25) is 28.8 Å². The Morgan fingerprint density at radius 2 is 0.576 bits per heavy atom. The highest BCUT2D eigenvalue weighted by Gasteiger charge is 2.23. The minimum atomic E-state index is -1.07. The third-order valence-corrected chi connectivity index (χ3v) is 24.0. The number of phenolic OH excluding ortho intramolecular Hbond substituents is 2. The number of hydrogen-bond donors (Lipinski definition) is 7. The van der Waals surface area contributed by atoms with Crippen molar-refractivity contribution in [2.24, 2.45) is 0 Å². The molecule has 0 radical (unpaired) electrons. The first kappa shape index (κ1) is 102. The van der Waals surface area contributed by atoms with E-state index in [1.54, 1.807) is 43.5 Å². The second kappa shape index (κ2) is 48.6. The molecule has 0 spiro atoms. The topological polar surface area (TPSA) is 328 Å². The van der Waals surface area contributed by atoms with Crippen molar-refractivity contribution >= 4 is 107 Å². The molecule has 7 N–H and O–H groups in total. The second-order valence-electron chi connectivity index (χ2n) is 30.7. The van der Waals surface area contributed by atoms with E-state index in [1.807, 2.05) is 106 Å². The zero-order chi connectivity index (χ0) is 95.6. The van der Waals surface area contributed by atoms with Gasteiger partial charge >= 0.3 is 11.9 Å². The van der Waals surface area contributed by atoms with Crippen molar-refractivity contribution in [1.29, 1.82) is 0 Å². The Balaban J connectivity index is 0.000000209. The number of aliphatic hydroxyl groups excluding tert-OH is 2. The third kappa shape index (κ3) is 26.5. The van der Waals surface area contributed by atoms with Crippen LogP contribution in [0.1, 0.15) is 145 Å². The van der Waals surface area contributed by atoms with Crippen molar-refractivity contribution in [1.82, 2.24) is 5.32 Å². The van der Waals surface area contributed by atoms with E-state index < -0.39 is 24.1 Å². The van der Waals surface area contributed by atoms with Crippen LogP contribution in [-0.4, -0.2) is 115 Å². The van der Waals surface area contributed by atoms with Crippen LogP contribution in [0, 0.1) is 41.5 Å². The predicted molar refractivity (Wildman–Crippen MR) is 511 cm³/mol. The Morgan fingerprint density at radius 1 is 0.326 bits per heavy atom. The number of aliphatic carboxylic acids is 2. The molecule has 23 nitrogen and oxygen atoms in total. The van der Waals surface area contributed by atoms with Gasteiger partial charge in [0, 0.05) is 55.1 Å². The summed E-state index contributed by atoms with van der Waals surface area (Å²) in [6.07, 6.45) is 1.35. The van der Waals surface area contributed by atoms with Gasteiger partial charge in [0.25, 0.3) is 0 Å². The maximum absolute atomic E-state index is 11.3. The molecule has 0 aliphatic carbocycles. The Labute approximate surface area is 795 Å². The lowest BCUT2D eigenvalue weighted by atomic mass is 9.92. The molecule has 2 atom stereocenters. The molecular weight excluding hydrogens is 1820 g/mol. The van der Waals surface area contributed by atoms with Gasteiger partial charge in [0.15, 0.2) is 25.1 Å². The van der Waals surface area contributed by atoms with Gasteiger partial charge in [-0.05, 0) is 203 Å². The lowest BCUT2D eigenvalue weighted by Crippen LogP contribution is -2.28. The van der Waals surface area contributed by atoms with Gasteiger partial charge in [0.05, 0.1) is 106 Å². The maximum atomic E-state index is 11.3. The van der Waals surface area contributed by atoms with Gasteiger partial charge in [-0.25, -0.2) is 0 Å². The van der Waals surface area contributed by atoms with Crippen LogP contribution in [0.2, 0.25) is 30.1 Å². The Hall–Kier alpha value is -12.5. The maximum Gasteiger partial charge on any atom is 0.306 e. The molecule has 132 heavy (non-hydrogen) atoms. The van der Waals surface area contributed by atoms with Crippen molar-refractivity contribution in [3.63, 3.8) is 0 Å². The van der Waals surface area contributed by atoms with Crippen LogP contribution in [0.5, 0.6) is 69.0 Å². The number of aldehydes is 4. The monoisotopic (exact) mass is 1910 g/mol. The van der Waals surface area contributed by atoms with E-state index in [9.17, 15) is 49.2 Å². The molecule has 0 saturated heterocycles. The summed E-state index contributed by atoms with van der Waals surface area (Å²) in [4.78, 5) is 66.2. The van der Waals surface area contributed by atoms with E-state index in [4.69, 9.17) is 127 Å². The standard InChI is InChI=1S/C41H47Cl2NO10.C32H28Cl2O6.C30H24Cl2O6/c1-24-27(22-53-38-18-36(51-3)26(14-34(38)42)8-5-11-30(45)16-40(47)48)9-6-12-32(24)33-13-7-10-28(25(33)2)23-54-39-19-37(52-4)29(15-35(39)43)20-44-21-31(46)17-41(49)50;1-19-21(17-39-31-13-29(37-3)23(15-35)11-27(31)33)7-5-9-25(19)26-10-6-8-22(20(26)2)18-40-32-14-30(38-4)24(16-36)12-28(32)34;1-17-19(15-37-29-11-27(35)21(13-33)9-25(29)31)5-3-7-23(17)24-8-4-6-20(18(24)2)16-38-30-12-28(36)22(14-34)10-26(30)32/h6-7,9-10,12-15,18-19,30-31,44-46H,5,8,11,16-17,20-23H2,1-4H3,(H,47,48)(H,49,50);5-16H,17-18H2,1-4H3;3-14,35-36H,15-16H2,1-2H3/t30-,31+;;/m1../s1. The molecule has 0 amide bonds. The van der Waals surface area contributed by atoms with Crippen LogP contribution in [0.15, 0.2) is 182 Å². The average Bonchev–Trinajstić information content (AvgIpc) is 0.802. The largest absolute Gasteiger partial charge is 0.507 e. The molecule has 0 unspecified atom stereocenters. The fourth-order valence-corrected chi connectivity index (χ4v) is 16.1. The molecule has 0 bridgehead atoms. The van der Waals surface area contributed by atoms with Gasteiger partial charge in [0.2, 0.25) is 0 Å². The van der Waals surface area contributed by atoms with Gasteiger partial charge in [0.1, 0.15) is 109 Å². The number of carboxylic acids is 2. The quantitative estimate of drug-likeness (QED) is 0.0175. The van der Waals surface area contributed by atoms with Gasteiger partial charge < -0.3 is 83.3 Å². The molecule has 12 aromatic rings. The second-order valence-corrected chi connectivity index (χ2v) is 33.1. The number of aromatic hydroxyl groups is 2. The Bertz CT molecular complexity index is 5810. The van der Waals surface area contributed by atoms with Crippen molar-refractivity contribution in [3.05, 3.63) is 312 Å². The van der Waals surface area contributed by atoms with Crippen molar-refractivity contribution in [3.8, 4) is 102 Å². The molecule has 0 aliphatic rings. The van der Waals surface area contributed by atoms with Gasteiger partial charge in [-0.1, -0.05) is 179 Å². The predicted octanol–water partition coefficient (Wildman–Crippen LogP) is 23.1. The lowest BCUT2D eigenvalue weighted by Gasteiger charge is -2.18. The number of methoxy groups -OCH3 is 4.